The molecule has 3 aromatic rings. The number of aromatic nitrogens is 3. The Morgan fingerprint density at radius 3 is 2.85 bits per heavy atom. The summed E-state index contributed by atoms with van der Waals surface area (Å²) in [7, 11) is 0. The lowest BCUT2D eigenvalue weighted by Crippen LogP contribution is -2.37. The van der Waals surface area contributed by atoms with Crippen molar-refractivity contribution >= 4 is 33.5 Å². The van der Waals surface area contributed by atoms with Gasteiger partial charge >= 0.3 is 5.69 Å². The Hall–Kier alpha value is -3.08. The van der Waals surface area contributed by atoms with Gasteiger partial charge in [-0.2, -0.15) is 4.98 Å². The van der Waals surface area contributed by atoms with Crippen molar-refractivity contribution in [1.82, 2.24) is 24.8 Å². The number of nitrogens with two attached hydrogens (primary N) is 2. The predicted molar refractivity (Wildman–Crippen MR) is 166 cm³/mol. The highest BCUT2D eigenvalue weighted by Gasteiger charge is 2.22. The average Bonchev–Trinajstić information content (AvgIpc) is 3.36. The summed E-state index contributed by atoms with van der Waals surface area (Å²) in [5.74, 6) is 0.863. The van der Waals surface area contributed by atoms with Crippen molar-refractivity contribution in [3.05, 3.63) is 64.5 Å². The molecule has 0 radical (unpaired) electrons. The highest BCUT2D eigenvalue weighted by atomic mass is 32.2. The smallest absolute Gasteiger partial charge is 0.354 e. The zero-order valence-electron chi connectivity index (χ0n) is 23.4. The quantitative estimate of drug-likeness (QED) is 0.181. The Balaban J connectivity index is 1.28. The van der Waals surface area contributed by atoms with Crippen LogP contribution in [0.25, 0.3) is 22.3 Å². The van der Waals surface area contributed by atoms with Crippen molar-refractivity contribution in [3.63, 3.8) is 0 Å². The van der Waals surface area contributed by atoms with Crippen LogP contribution in [0.5, 0.6) is 0 Å². The number of nitrogens with zero attached hydrogens (tertiary/aromatic N) is 3. The summed E-state index contributed by atoms with van der Waals surface area (Å²) in [6.45, 7) is 4.14. The molecule has 1 saturated heterocycles. The van der Waals surface area contributed by atoms with E-state index in [0.29, 0.717) is 17.7 Å². The second-order valence-electron chi connectivity index (χ2n) is 11.2. The maximum absolute atomic E-state index is 13.0. The Bertz CT molecular complexity index is 1390. The van der Waals surface area contributed by atoms with Crippen LogP contribution in [0.1, 0.15) is 75.6 Å². The van der Waals surface area contributed by atoms with E-state index in [1.165, 1.54) is 29.3 Å². The normalized spacial score (nSPS) is 20.4. The number of allylic oxidation sites excluding steroid dienone is 1. The van der Waals surface area contributed by atoms with E-state index in [0.717, 1.165) is 80.6 Å². The van der Waals surface area contributed by atoms with Gasteiger partial charge in [0.1, 0.15) is 5.65 Å². The molecule has 0 aliphatic carbocycles. The number of benzene rings is 1. The molecule has 0 saturated carbocycles. The van der Waals surface area contributed by atoms with Gasteiger partial charge in [0.15, 0.2) is 5.17 Å². The van der Waals surface area contributed by atoms with Crippen molar-refractivity contribution < 1.29 is 0 Å². The van der Waals surface area contributed by atoms with Gasteiger partial charge in [-0.15, -0.1) is 0 Å². The Kier molecular flexibility index (Phi) is 9.29. The number of fused-ring (bicyclic) bond motifs is 1. The number of rotatable bonds is 10. The fourth-order valence-corrected chi connectivity index (χ4v) is 6.48. The van der Waals surface area contributed by atoms with Gasteiger partial charge in [-0.1, -0.05) is 30.3 Å². The van der Waals surface area contributed by atoms with Gasteiger partial charge in [0.25, 0.3) is 0 Å². The van der Waals surface area contributed by atoms with Gasteiger partial charge in [-0.3, -0.25) is 9.98 Å². The van der Waals surface area contributed by atoms with E-state index >= 15 is 0 Å². The molecule has 0 spiro atoms. The van der Waals surface area contributed by atoms with Crippen LogP contribution >= 0.6 is 11.8 Å². The van der Waals surface area contributed by atoms with Crippen molar-refractivity contribution in [1.29, 1.82) is 5.41 Å². The van der Waals surface area contributed by atoms with E-state index in [9.17, 15) is 4.79 Å². The van der Waals surface area contributed by atoms with Gasteiger partial charge in [-0.05, 0) is 81.2 Å². The molecule has 214 valence electrons. The number of amidine groups is 1. The molecule has 7 N–H and O–H groups in total. The molecule has 40 heavy (non-hydrogen) atoms. The summed E-state index contributed by atoms with van der Waals surface area (Å²) in [6.07, 6.45) is 12.8. The van der Waals surface area contributed by atoms with Crippen molar-refractivity contribution in [2.75, 3.05) is 18.8 Å². The lowest BCUT2D eigenvalue weighted by atomic mass is 9.92. The molecule has 9 nitrogen and oxygen atoms in total. The molecule has 0 unspecified atom stereocenters. The van der Waals surface area contributed by atoms with Crippen LogP contribution in [0, 0.1) is 5.41 Å². The van der Waals surface area contributed by atoms with Gasteiger partial charge in [0, 0.05) is 60.4 Å². The van der Waals surface area contributed by atoms with Crippen LogP contribution in [0.15, 0.2) is 47.5 Å². The minimum absolute atomic E-state index is 0.184. The first kappa shape index (κ1) is 28.4. The van der Waals surface area contributed by atoms with Gasteiger partial charge in [0.2, 0.25) is 0 Å². The highest BCUT2D eigenvalue weighted by molar-refractivity contribution is 8.13. The predicted octanol–water partition coefficient (Wildman–Crippen LogP) is 4.48. The van der Waals surface area contributed by atoms with E-state index in [1.54, 1.807) is 4.57 Å². The SMILES string of the molecule is C[C@H](N)CCCN1C=C(c2cc3cn(-c4ccc([C@@H]5CCC[C@@H](CCSC(=N)N)N5)cc4)c(=O)nc3[nH]2)CCC1. The zero-order valence-corrected chi connectivity index (χ0v) is 24.2. The minimum Gasteiger partial charge on any atom is -0.379 e. The molecule has 0 bridgehead atoms. The van der Waals surface area contributed by atoms with Crippen LogP contribution in [0.2, 0.25) is 0 Å². The fraction of sp³-hybridized carbons (Fsp3) is 0.500. The largest absolute Gasteiger partial charge is 0.379 e. The molecule has 10 heteroatoms. The van der Waals surface area contributed by atoms with E-state index in [-0.39, 0.29) is 16.9 Å². The number of thioether (sulfide) groups is 1. The van der Waals surface area contributed by atoms with E-state index in [1.807, 2.05) is 18.3 Å². The number of hydrogen-bond acceptors (Lipinski definition) is 7. The number of nitrogens with one attached hydrogen (secondary N) is 3. The second kappa shape index (κ2) is 13.1. The molecule has 0 amide bonds. The Morgan fingerprint density at radius 1 is 1.25 bits per heavy atom. The minimum atomic E-state index is -0.289. The maximum Gasteiger partial charge on any atom is 0.354 e. The summed E-state index contributed by atoms with van der Waals surface area (Å²) < 4.78 is 1.63. The van der Waals surface area contributed by atoms with Crippen molar-refractivity contribution in [2.24, 2.45) is 11.5 Å². The van der Waals surface area contributed by atoms with Crippen LogP contribution < -0.4 is 22.5 Å². The number of aromatic amines is 1. The van der Waals surface area contributed by atoms with Crippen LogP contribution in [-0.4, -0.2) is 55.5 Å². The van der Waals surface area contributed by atoms with Gasteiger partial charge < -0.3 is 26.7 Å². The summed E-state index contributed by atoms with van der Waals surface area (Å²) in [5, 5.41) is 12.3. The highest BCUT2D eigenvalue weighted by Crippen LogP contribution is 2.29. The molecular weight excluding hydrogens is 520 g/mol. The summed E-state index contributed by atoms with van der Waals surface area (Å²) >= 11 is 1.41. The summed E-state index contributed by atoms with van der Waals surface area (Å²) in [6, 6.07) is 11.3. The molecule has 5 rings (SSSR count). The lowest BCUT2D eigenvalue weighted by molar-refractivity contribution is 0.320. The molecule has 2 aliphatic heterocycles. The van der Waals surface area contributed by atoms with E-state index in [2.05, 4.69) is 51.5 Å². The lowest BCUT2D eigenvalue weighted by Gasteiger charge is -2.31. The molecular formula is C30H42N8OS. The first-order valence-electron chi connectivity index (χ1n) is 14.5. The van der Waals surface area contributed by atoms with E-state index in [4.69, 9.17) is 16.9 Å². The molecule has 2 aliphatic rings. The van der Waals surface area contributed by atoms with Crippen LogP contribution in [0.4, 0.5) is 0 Å². The average molecular weight is 563 g/mol. The monoisotopic (exact) mass is 562 g/mol. The zero-order chi connectivity index (χ0) is 28.1. The van der Waals surface area contributed by atoms with Gasteiger partial charge in [-0.25, -0.2) is 4.79 Å². The Labute approximate surface area is 240 Å². The first-order valence-corrected chi connectivity index (χ1v) is 15.5. The van der Waals surface area contributed by atoms with E-state index < -0.39 is 0 Å². The third-order valence-electron chi connectivity index (χ3n) is 7.97. The fourth-order valence-electron chi connectivity index (χ4n) is 5.86. The molecule has 1 fully saturated rings. The van der Waals surface area contributed by atoms with Gasteiger partial charge in [0.05, 0.1) is 5.69 Å². The Morgan fingerprint density at radius 2 is 2.08 bits per heavy atom. The molecule has 4 heterocycles. The number of piperidine rings is 1. The molecule has 3 atom stereocenters. The first-order chi connectivity index (χ1) is 19.4. The standard InChI is InChI=1S/C30H42N8OS/c1-20(31)5-3-14-37-15-4-6-22(18-37)27-17-23-19-38(30(39)36-28(23)35-27)25-11-9-21(10-12-25)26-8-2-7-24(34-26)13-16-40-29(32)33/h9-12,17-20,24,26,34H,2-8,13-16,31H2,1H3,(H3,32,33)(H,35,36,39)/t20-,24-,26-/m0/s1. The van der Waals surface area contributed by atoms with Crippen molar-refractivity contribution in [3.8, 4) is 5.69 Å². The third-order valence-corrected chi connectivity index (χ3v) is 8.72. The summed E-state index contributed by atoms with van der Waals surface area (Å²) in [4.78, 5) is 23.1. The topological polar surface area (TPSA) is 142 Å². The molecule has 1 aromatic carbocycles. The second-order valence-corrected chi connectivity index (χ2v) is 12.4. The number of H-pyrrole nitrogens is 1. The number of hydrogen-bond donors (Lipinski definition) is 5. The third kappa shape index (κ3) is 7.16. The molecule has 2 aromatic heterocycles. The maximum atomic E-state index is 13.0. The summed E-state index contributed by atoms with van der Waals surface area (Å²) in [5.41, 5.74) is 16.1. The van der Waals surface area contributed by atoms with Crippen LogP contribution in [-0.2, 0) is 0 Å². The van der Waals surface area contributed by atoms with Crippen molar-refractivity contribution in [2.45, 2.75) is 76.4 Å². The van der Waals surface area contributed by atoms with Crippen LogP contribution in [0.3, 0.4) is 0 Å².